The van der Waals surface area contributed by atoms with Gasteiger partial charge in [0, 0.05) is 19.7 Å². The molecule has 1 fully saturated rings. The summed E-state index contributed by atoms with van der Waals surface area (Å²) in [5.74, 6) is 0.620. The molecule has 3 nitrogen and oxygen atoms in total. The largest absolute Gasteiger partial charge is 0.378 e. The van der Waals surface area contributed by atoms with Crippen molar-refractivity contribution in [3.63, 3.8) is 0 Å². The maximum absolute atomic E-state index is 8.81. The van der Waals surface area contributed by atoms with E-state index in [0.29, 0.717) is 12.0 Å². The minimum absolute atomic E-state index is 0.368. The summed E-state index contributed by atoms with van der Waals surface area (Å²) < 4.78 is 5.52. The fourth-order valence-corrected chi connectivity index (χ4v) is 2.20. The molecular weight excluding hydrogens is 212 g/mol. The average Bonchev–Trinajstić information content (AvgIpc) is 2.76. The summed E-state index contributed by atoms with van der Waals surface area (Å²) >= 11 is 0. The number of benzene rings is 1. The van der Waals surface area contributed by atoms with Gasteiger partial charge in [0.15, 0.2) is 0 Å². The Labute approximate surface area is 102 Å². The van der Waals surface area contributed by atoms with Crippen molar-refractivity contribution < 1.29 is 4.74 Å². The maximum Gasteiger partial charge on any atom is 0.0991 e. The Bertz CT molecular complexity index is 411. The summed E-state index contributed by atoms with van der Waals surface area (Å²) in [6.07, 6.45) is 1.51. The molecule has 0 bridgehead atoms. The second-order valence-corrected chi connectivity index (χ2v) is 4.57. The zero-order valence-electron chi connectivity index (χ0n) is 10.1. The van der Waals surface area contributed by atoms with Gasteiger partial charge in [-0.05, 0) is 37.0 Å². The minimum Gasteiger partial charge on any atom is -0.378 e. The van der Waals surface area contributed by atoms with Crippen LogP contribution in [0.3, 0.4) is 0 Å². The van der Waals surface area contributed by atoms with Crippen LogP contribution < -0.4 is 5.32 Å². The van der Waals surface area contributed by atoms with E-state index >= 15 is 0 Å². The number of nitriles is 1. The third kappa shape index (κ3) is 3.29. The third-order valence-electron chi connectivity index (χ3n) is 3.32. The first-order valence-electron chi connectivity index (χ1n) is 6.11. The van der Waals surface area contributed by atoms with E-state index in [-0.39, 0.29) is 0 Å². The Morgan fingerprint density at radius 1 is 1.53 bits per heavy atom. The predicted molar refractivity (Wildman–Crippen MR) is 66.4 cm³/mol. The first-order chi connectivity index (χ1) is 8.29. The summed E-state index contributed by atoms with van der Waals surface area (Å²) in [6, 6.07) is 9.89. The molecule has 3 heteroatoms. The smallest absolute Gasteiger partial charge is 0.0991 e. The van der Waals surface area contributed by atoms with Gasteiger partial charge in [-0.3, -0.25) is 0 Å². The van der Waals surface area contributed by atoms with Crippen LogP contribution in [-0.4, -0.2) is 19.3 Å². The number of hydrogen-bond donors (Lipinski definition) is 1. The molecule has 1 N–H and O–H groups in total. The molecule has 0 aliphatic carbocycles. The quantitative estimate of drug-likeness (QED) is 0.861. The van der Waals surface area contributed by atoms with Crippen LogP contribution in [0, 0.1) is 17.2 Å². The standard InChI is InChI=1S/C14H18N2O/c1-11-14(5-6-17-11)10-16-9-13-4-2-3-12(7-13)8-15/h2-4,7,11,14,16H,5-6,9-10H2,1H3. The third-order valence-corrected chi connectivity index (χ3v) is 3.32. The van der Waals surface area contributed by atoms with Crippen LogP contribution in [0.2, 0.25) is 0 Å². The second kappa shape index (κ2) is 5.81. The average molecular weight is 230 g/mol. The highest BCUT2D eigenvalue weighted by Crippen LogP contribution is 2.19. The molecule has 1 saturated heterocycles. The maximum atomic E-state index is 8.81. The van der Waals surface area contributed by atoms with E-state index in [1.807, 2.05) is 24.3 Å². The van der Waals surface area contributed by atoms with Gasteiger partial charge in [0.05, 0.1) is 17.7 Å². The van der Waals surface area contributed by atoms with Gasteiger partial charge in [-0.15, -0.1) is 0 Å². The van der Waals surface area contributed by atoms with Crippen LogP contribution in [0.25, 0.3) is 0 Å². The molecule has 1 aliphatic rings. The van der Waals surface area contributed by atoms with Crippen molar-refractivity contribution in [3.05, 3.63) is 35.4 Å². The molecule has 1 aromatic carbocycles. The molecule has 90 valence electrons. The molecule has 1 aromatic rings. The van der Waals surface area contributed by atoms with Gasteiger partial charge < -0.3 is 10.1 Å². The molecule has 0 saturated carbocycles. The predicted octanol–water partition coefficient (Wildman–Crippen LogP) is 2.07. The molecular formula is C14H18N2O. The zero-order chi connectivity index (χ0) is 12.1. The summed E-state index contributed by atoms with van der Waals surface area (Å²) in [4.78, 5) is 0. The van der Waals surface area contributed by atoms with Crippen LogP contribution in [-0.2, 0) is 11.3 Å². The van der Waals surface area contributed by atoms with Gasteiger partial charge in [0.1, 0.15) is 0 Å². The van der Waals surface area contributed by atoms with Crippen LogP contribution in [0.4, 0.5) is 0 Å². The molecule has 0 spiro atoms. The number of nitrogens with zero attached hydrogens (tertiary/aromatic N) is 1. The van der Waals surface area contributed by atoms with Crippen LogP contribution in [0.5, 0.6) is 0 Å². The first-order valence-corrected chi connectivity index (χ1v) is 6.11. The van der Waals surface area contributed by atoms with E-state index in [2.05, 4.69) is 18.3 Å². The Morgan fingerprint density at radius 3 is 3.12 bits per heavy atom. The Morgan fingerprint density at radius 2 is 2.41 bits per heavy atom. The molecule has 1 heterocycles. The highest BCUT2D eigenvalue weighted by Gasteiger charge is 2.23. The van der Waals surface area contributed by atoms with Gasteiger partial charge in [0.2, 0.25) is 0 Å². The normalized spacial score (nSPS) is 23.5. The van der Waals surface area contributed by atoms with Crippen molar-refractivity contribution in [1.82, 2.24) is 5.32 Å². The molecule has 0 amide bonds. The van der Waals surface area contributed by atoms with Crippen LogP contribution in [0.15, 0.2) is 24.3 Å². The molecule has 2 atom stereocenters. The van der Waals surface area contributed by atoms with Gasteiger partial charge >= 0.3 is 0 Å². The summed E-state index contributed by atoms with van der Waals surface area (Å²) in [5, 5.41) is 12.2. The first kappa shape index (κ1) is 12.1. The lowest BCUT2D eigenvalue weighted by Gasteiger charge is -2.14. The monoisotopic (exact) mass is 230 g/mol. The van der Waals surface area contributed by atoms with Gasteiger partial charge in [-0.1, -0.05) is 12.1 Å². The summed E-state index contributed by atoms with van der Waals surface area (Å²) in [6.45, 7) is 4.82. The van der Waals surface area contributed by atoms with Gasteiger partial charge in [-0.25, -0.2) is 0 Å². The van der Waals surface area contributed by atoms with Gasteiger partial charge in [-0.2, -0.15) is 5.26 Å². The lowest BCUT2D eigenvalue weighted by Crippen LogP contribution is -2.26. The minimum atomic E-state index is 0.368. The molecule has 2 unspecified atom stereocenters. The van der Waals surface area contributed by atoms with E-state index in [1.54, 1.807) is 0 Å². The summed E-state index contributed by atoms with van der Waals surface area (Å²) in [7, 11) is 0. The van der Waals surface area contributed by atoms with Crippen molar-refractivity contribution in [2.75, 3.05) is 13.2 Å². The van der Waals surface area contributed by atoms with E-state index in [9.17, 15) is 0 Å². The van der Waals surface area contributed by atoms with Crippen LogP contribution >= 0.6 is 0 Å². The number of hydrogen-bond acceptors (Lipinski definition) is 3. The van der Waals surface area contributed by atoms with E-state index < -0.39 is 0 Å². The fourth-order valence-electron chi connectivity index (χ4n) is 2.20. The zero-order valence-corrected chi connectivity index (χ0v) is 10.1. The molecule has 2 rings (SSSR count). The Kier molecular flexibility index (Phi) is 4.13. The Hall–Kier alpha value is -1.37. The Balaban J connectivity index is 1.80. The molecule has 1 aliphatic heterocycles. The van der Waals surface area contributed by atoms with E-state index in [0.717, 1.165) is 37.2 Å². The van der Waals surface area contributed by atoms with Crippen molar-refractivity contribution >= 4 is 0 Å². The molecule has 0 radical (unpaired) electrons. The van der Waals surface area contributed by atoms with Crippen molar-refractivity contribution in [1.29, 1.82) is 5.26 Å². The van der Waals surface area contributed by atoms with E-state index in [1.165, 1.54) is 0 Å². The topological polar surface area (TPSA) is 45.0 Å². The molecule has 0 aromatic heterocycles. The lowest BCUT2D eigenvalue weighted by molar-refractivity contribution is 0.105. The van der Waals surface area contributed by atoms with Crippen LogP contribution in [0.1, 0.15) is 24.5 Å². The summed E-state index contributed by atoms with van der Waals surface area (Å²) in [5.41, 5.74) is 1.89. The van der Waals surface area contributed by atoms with Crippen molar-refractivity contribution in [3.8, 4) is 6.07 Å². The van der Waals surface area contributed by atoms with Gasteiger partial charge in [0.25, 0.3) is 0 Å². The lowest BCUT2D eigenvalue weighted by atomic mass is 10.0. The SMILES string of the molecule is CC1OCCC1CNCc1cccc(C#N)c1. The van der Waals surface area contributed by atoms with Crippen molar-refractivity contribution in [2.45, 2.75) is 26.0 Å². The highest BCUT2D eigenvalue weighted by atomic mass is 16.5. The van der Waals surface area contributed by atoms with Crippen molar-refractivity contribution in [2.24, 2.45) is 5.92 Å². The second-order valence-electron chi connectivity index (χ2n) is 4.57. The number of ether oxygens (including phenoxy) is 1. The van der Waals surface area contributed by atoms with E-state index in [4.69, 9.17) is 10.00 Å². The fraction of sp³-hybridized carbons (Fsp3) is 0.500. The number of nitrogens with one attached hydrogen (secondary N) is 1. The number of rotatable bonds is 4. The highest BCUT2D eigenvalue weighted by molar-refractivity contribution is 5.32. The molecule has 17 heavy (non-hydrogen) atoms.